The van der Waals surface area contributed by atoms with Crippen molar-refractivity contribution in [3.63, 3.8) is 0 Å². The minimum atomic E-state index is -2.47. The lowest BCUT2D eigenvalue weighted by atomic mass is 10.1. The van der Waals surface area contributed by atoms with E-state index in [0.29, 0.717) is 0 Å². The minimum absolute atomic E-state index is 0.0311. The number of aliphatic carboxylic acids is 1. The number of phenols is 1. The molecular weight excluding hydrogens is 210 g/mol. The molecule has 5 nitrogen and oxygen atoms in total. The molecule has 0 fully saturated rings. The Morgan fingerprint density at radius 1 is 1.50 bits per heavy atom. The number of carboxylic acid groups (broad SMARTS) is 1. The van der Waals surface area contributed by atoms with Gasteiger partial charge in [-0.3, -0.25) is 4.79 Å². The van der Waals surface area contributed by atoms with E-state index in [1.165, 1.54) is 24.3 Å². The number of aromatic hydroxyl groups is 1. The topological polar surface area (TPSA) is 86.6 Å². The molecular formula is C11H13NO4. The van der Waals surface area contributed by atoms with Crippen molar-refractivity contribution in [3.05, 3.63) is 29.8 Å². The molecule has 0 heterocycles. The van der Waals surface area contributed by atoms with E-state index >= 15 is 0 Å². The molecule has 1 amide bonds. The number of rotatable bonds is 4. The molecule has 3 N–H and O–H groups in total. The van der Waals surface area contributed by atoms with Gasteiger partial charge in [0.25, 0.3) is 0 Å². The van der Waals surface area contributed by atoms with E-state index in [9.17, 15) is 9.59 Å². The van der Waals surface area contributed by atoms with Gasteiger partial charge in [0.1, 0.15) is 11.8 Å². The summed E-state index contributed by atoms with van der Waals surface area (Å²) in [5.74, 6) is -2.36. The third kappa shape index (κ3) is 3.61. The van der Waals surface area contributed by atoms with Crippen LogP contribution in [0, 0.1) is 0 Å². The predicted octanol–water partition coefficient (Wildman–Crippen LogP) is 0.524. The lowest BCUT2D eigenvalue weighted by Crippen LogP contribution is -2.41. The Kier molecular flexibility index (Phi) is 2.97. The predicted molar refractivity (Wildman–Crippen MR) is 57.1 cm³/mol. The normalized spacial score (nSPS) is 17.6. The molecule has 0 saturated heterocycles. The van der Waals surface area contributed by atoms with Gasteiger partial charge in [0.15, 0.2) is 0 Å². The van der Waals surface area contributed by atoms with Crippen LogP contribution in [0.25, 0.3) is 0 Å². The SMILES string of the molecule is [2H][C@@H](c1ccc(O)cc1)[C@]([2H])(NC(C)=O)C(=O)O. The second-order valence-corrected chi connectivity index (χ2v) is 3.14. The van der Waals surface area contributed by atoms with Crippen LogP contribution in [0.2, 0.25) is 0 Å². The van der Waals surface area contributed by atoms with Gasteiger partial charge in [-0.05, 0) is 17.7 Å². The van der Waals surface area contributed by atoms with Gasteiger partial charge >= 0.3 is 5.97 Å². The average Bonchev–Trinajstić information content (AvgIpc) is 2.27. The van der Waals surface area contributed by atoms with Gasteiger partial charge in [-0.25, -0.2) is 4.79 Å². The smallest absolute Gasteiger partial charge is 0.326 e. The van der Waals surface area contributed by atoms with Gasteiger partial charge in [-0.15, -0.1) is 0 Å². The highest BCUT2D eigenvalue weighted by Gasteiger charge is 2.18. The first-order valence-corrected chi connectivity index (χ1v) is 4.50. The fraction of sp³-hybridized carbons (Fsp3) is 0.273. The third-order valence-corrected chi connectivity index (χ3v) is 1.75. The molecule has 1 aromatic rings. The fourth-order valence-corrected chi connectivity index (χ4v) is 1.08. The summed E-state index contributed by atoms with van der Waals surface area (Å²) in [6, 6.07) is 2.77. The minimum Gasteiger partial charge on any atom is -0.508 e. The average molecular weight is 225 g/mol. The van der Waals surface area contributed by atoms with E-state index in [0.717, 1.165) is 6.92 Å². The van der Waals surface area contributed by atoms with Crippen molar-refractivity contribution in [3.8, 4) is 5.75 Å². The zero-order valence-corrected chi connectivity index (χ0v) is 8.60. The van der Waals surface area contributed by atoms with Crippen molar-refractivity contribution in [2.45, 2.75) is 19.3 Å². The summed E-state index contributed by atoms with van der Waals surface area (Å²) in [6.45, 7) is 1.08. The van der Waals surface area contributed by atoms with E-state index < -0.39 is 24.3 Å². The first-order chi connectivity index (χ1) is 8.27. The number of phenolic OH excluding ortho intramolecular Hbond substituents is 1. The molecule has 16 heavy (non-hydrogen) atoms. The summed E-state index contributed by atoms with van der Waals surface area (Å²) in [4.78, 5) is 22.0. The molecule has 2 atom stereocenters. The lowest BCUT2D eigenvalue weighted by molar-refractivity contribution is -0.141. The zero-order valence-electron chi connectivity index (χ0n) is 10.6. The molecule has 0 saturated carbocycles. The summed E-state index contributed by atoms with van der Waals surface area (Å²) in [5.41, 5.74) is 0.207. The second kappa shape index (κ2) is 5.16. The van der Waals surface area contributed by atoms with E-state index in [2.05, 4.69) is 0 Å². The number of hydrogen-bond acceptors (Lipinski definition) is 3. The molecule has 1 aromatic carbocycles. The molecule has 1 rings (SSSR count). The number of amides is 1. The van der Waals surface area contributed by atoms with Crippen molar-refractivity contribution in [1.82, 2.24) is 5.32 Å². The van der Waals surface area contributed by atoms with Crippen LogP contribution >= 0.6 is 0 Å². The van der Waals surface area contributed by atoms with Crippen molar-refractivity contribution >= 4 is 11.9 Å². The molecule has 0 aliphatic carbocycles. The van der Waals surface area contributed by atoms with Gasteiger partial charge in [0.05, 0.1) is 1.37 Å². The maximum Gasteiger partial charge on any atom is 0.326 e. The van der Waals surface area contributed by atoms with Gasteiger partial charge in [0.2, 0.25) is 5.91 Å². The quantitative estimate of drug-likeness (QED) is 0.697. The molecule has 0 spiro atoms. The number of carbonyl (C=O) groups is 2. The van der Waals surface area contributed by atoms with Crippen LogP contribution in [0.1, 0.15) is 15.2 Å². The van der Waals surface area contributed by atoms with Crippen LogP contribution in [0.4, 0.5) is 0 Å². The Bertz CT molecular complexity index is 463. The molecule has 86 valence electrons. The highest BCUT2D eigenvalue weighted by Crippen LogP contribution is 2.11. The highest BCUT2D eigenvalue weighted by atomic mass is 16.4. The molecule has 0 aliphatic rings. The molecule has 5 heteroatoms. The van der Waals surface area contributed by atoms with Crippen molar-refractivity contribution < 1.29 is 22.5 Å². The summed E-state index contributed by atoms with van der Waals surface area (Å²) < 4.78 is 15.5. The van der Waals surface area contributed by atoms with E-state index in [4.69, 9.17) is 13.0 Å². The molecule has 0 bridgehead atoms. The highest BCUT2D eigenvalue weighted by molar-refractivity contribution is 5.82. The van der Waals surface area contributed by atoms with E-state index in [1.807, 2.05) is 5.32 Å². The summed E-state index contributed by atoms with van der Waals surface area (Å²) in [7, 11) is 0. The van der Waals surface area contributed by atoms with Crippen molar-refractivity contribution in [1.29, 1.82) is 0 Å². The summed E-state index contributed by atoms with van der Waals surface area (Å²) in [5, 5.41) is 20.0. The summed E-state index contributed by atoms with van der Waals surface area (Å²) >= 11 is 0. The standard InChI is InChI=1S/C11H13NO4/c1-7(13)12-10(11(15)16)6-8-2-4-9(14)5-3-8/h2-5,10,14H,6H2,1H3,(H,12,13)(H,15,16)/t10-/m0/s1/i6D,10D/t6-,10-. The third-order valence-electron chi connectivity index (χ3n) is 1.75. The Morgan fingerprint density at radius 3 is 2.50 bits per heavy atom. The number of carbonyl (C=O) groups excluding carboxylic acids is 1. The Morgan fingerprint density at radius 2 is 2.06 bits per heavy atom. The summed E-state index contributed by atoms with van der Waals surface area (Å²) in [6.07, 6.45) is -1.51. The van der Waals surface area contributed by atoms with Crippen LogP contribution in [0.15, 0.2) is 24.3 Å². The van der Waals surface area contributed by atoms with E-state index in [-0.39, 0.29) is 11.3 Å². The molecule has 0 radical (unpaired) electrons. The maximum atomic E-state index is 11.1. The lowest BCUT2D eigenvalue weighted by Gasteiger charge is -2.13. The number of nitrogens with one attached hydrogen (secondary N) is 1. The zero-order chi connectivity index (χ0) is 13.9. The van der Waals surface area contributed by atoms with Crippen LogP contribution < -0.4 is 5.32 Å². The monoisotopic (exact) mass is 225 g/mol. The first kappa shape index (κ1) is 9.21. The maximum absolute atomic E-state index is 11.1. The Hall–Kier alpha value is -2.04. The fourth-order valence-electron chi connectivity index (χ4n) is 1.08. The molecule has 0 unspecified atom stereocenters. The van der Waals surface area contributed by atoms with Crippen LogP contribution in [-0.4, -0.2) is 28.1 Å². The number of hydrogen-bond donors (Lipinski definition) is 3. The largest absolute Gasteiger partial charge is 0.508 e. The van der Waals surface area contributed by atoms with Crippen molar-refractivity contribution in [2.24, 2.45) is 0 Å². The Labute approximate surface area is 95.5 Å². The van der Waals surface area contributed by atoms with Gasteiger partial charge in [-0.2, -0.15) is 0 Å². The molecule has 0 aromatic heterocycles. The number of benzene rings is 1. The first-order valence-electron chi connectivity index (χ1n) is 5.58. The van der Waals surface area contributed by atoms with Crippen LogP contribution in [0.3, 0.4) is 0 Å². The number of carboxylic acids is 1. The van der Waals surface area contributed by atoms with Gasteiger partial charge < -0.3 is 15.5 Å². The van der Waals surface area contributed by atoms with Crippen LogP contribution in [-0.2, 0) is 16.0 Å². The molecule has 0 aliphatic heterocycles. The van der Waals surface area contributed by atoms with E-state index in [1.54, 1.807) is 0 Å². The van der Waals surface area contributed by atoms with Gasteiger partial charge in [-0.1, -0.05) is 12.1 Å². The Balaban J connectivity index is 3.10. The second-order valence-electron chi connectivity index (χ2n) is 3.14. The van der Waals surface area contributed by atoms with Gasteiger partial charge in [0, 0.05) is 14.7 Å². The van der Waals surface area contributed by atoms with Crippen LogP contribution in [0.5, 0.6) is 5.75 Å². The van der Waals surface area contributed by atoms with Crippen molar-refractivity contribution in [2.75, 3.05) is 0 Å².